The van der Waals surface area contributed by atoms with Crippen LogP contribution in [0.5, 0.6) is 0 Å². The van der Waals surface area contributed by atoms with Crippen LogP contribution in [-0.4, -0.2) is 48.6 Å². The van der Waals surface area contributed by atoms with Crippen molar-refractivity contribution in [2.24, 2.45) is 0 Å². The van der Waals surface area contributed by atoms with E-state index in [4.69, 9.17) is 4.74 Å². The number of hydrogen-bond donors (Lipinski definition) is 1. The molecule has 5 heteroatoms. The van der Waals surface area contributed by atoms with E-state index >= 15 is 0 Å². The Hall–Kier alpha value is -2.24. The Morgan fingerprint density at radius 1 is 1.04 bits per heavy atom. The van der Waals surface area contributed by atoms with E-state index in [-0.39, 0.29) is 5.91 Å². The Labute approximate surface area is 142 Å². The predicted molar refractivity (Wildman–Crippen MR) is 92.8 cm³/mol. The summed E-state index contributed by atoms with van der Waals surface area (Å²) in [5.41, 5.74) is 3.10. The summed E-state index contributed by atoms with van der Waals surface area (Å²) in [6, 6.07) is 11.8. The molecule has 0 saturated carbocycles. The van der Waals surface area contributed by atoms with E-state index in [1.54, 1.807) is 12.4 Å². The lowest BCUT2D eigenvalue weighted by Gasteiger charge is -2.26. The van der Waals surface area contributed by atoms with E-state index in [2.05, 4.69) is 15.2 Å². The maximum absolute atomic E-state index is 12.2. The number of carbonyl (C=O) groups excluding carboxylic acids is 1. The zero-order chi connectivity index (χ0) is 16.6. The lowest BCUT2D eigenvalue weighted by Crippen LogP contribution is -2.35. The molecule has 1 aliphatic heterocycles. The van der Waals surface area contributed by atoms with Gasteiger partial charge in [0.2, 0.25) is 0 Å². The normalized spacial score (nSPS) is 15.2. The van der Waals surface area contributed by atoms with Crippen LogP contribution < -0.4 is 5.32 Å². The maximum atomic E-state index is 12.2. The number of carbonyl (C=O) groups is 1. The van der Waals surface area contributed by atoms with Gasteiger partial charge in [0.05, 0.1) is 13.2 Å². The number of pyridine rings is 1. The van der Waals surface area contributed by atoms with E-state index < -0.39 is 0 Å². The lowest BCUT2D eigenvalue weighted by atomic mass is 10.1. The highest BCUT2D eigenvalue weighted by atomic mass is 16.5. The fraction of sp³-hybridized carbons (Fsp3) is 0.368. The van der Waals surface area contributed by atoms with Gasteiger partial charge in [0.15, 0.2) is 0 Å². The van der Waals surface area contributed by atoms with Crippen LogP contribution in [0.25, 0.3) is 0 Å². The van der Waals surface area contributed by atoms with Crippen LogP contribution in [0.15, 0.2) is 48.8 Å². The van der Waals surface area contributed by atoms with Gasteiger partial charge in [0.25, 0.3) is 5.91 Å². The molecule has 2 aromatic rings. The number of rotatable bonds is 6. The molecule has 0 bridgehead atoms. The molecule has 1 aromatic heterocycles. The number of nitrogens with zero attached hydrogens (tertiary/aromatic N) is 2. The largest absolute Gasteiger partial charge is 0.379 e. The summed E-state index contributed by atoms with van der Waals surface area (Å²) in [7, 11) is 0. The van der Waals surface area contributed by atoms with Crippen molar-refractivity contribution >= 4 is 5.91 Å². The third-order valence-corrected chi connectivity index (χ3v) is 4.17. The topological polar surface area (TPSA) is 54.5 Å². The smallest absolute Gasteiger partial charge is 0.251 e. The van der Waals surface area contributed by atoms with E-state index in [1.807, 2.05) is 36.4 Å². The van der Waals surface area contributed by atoms with Crippen molar-refractivity contribution in [1.29, 1.82) is 0 Å². The van der Waals surface area contributed by atoms with Crippen molar-refractivity contribution in [3.05, 3.63) is 65.5 Å². The van der Waals surface area contributed by atoms with Gasteiger partial charge < -0.3 is 10.1 Å². The summed E-state index contributed by atoms with van der Waals surface area (Å²) in [6.07, 6.45) is 4.35. The molecule has 1 amide bonds. The molecule has 0 unspecified atom stereocenters. The van der Waals surface area contributed by atoms with E-state index in [9.17, 15) is 4.79 Å². The molecule has 126 valence electrons. The van der Waals surface area contributed by atoms with Crippen LogP contribution >= 0.6 is 0 Å². The molecule has 1 N–H and O–H groups in total. The molecule has 0 aliphatic carbocycles. The highest BCUT2D eigenvalue weighted by Crippen LogP contribution is 2.09. The fourth-order valence-electron chi connectivity index (χ4n) is 2.75. The number of ether oxygens (including phenoxy) is 1. The monoisotopic (exact) mass is 325 g/mol. The Morgan fingerprint density at radius 2 is 1.75 bits per heavy atom. The summed E-state index contributed by atoms with van der Waals surface area (Å²) in [6.45, 7) is 5.08. The third kappa shape index (κ3) is 4.88. The zero-order valence-corrected chi connectivity index (χ0v) is 13.8. The van der Waals surface area contributed by atoms with Gasteiger partial charge >= 0.3 is 0 Å². The molecular weight excluding hydrogens is 302 g/mol. The Morgan fingerprint density at radius 3 is 2.46 bits per heavy atom. The minimum atomic E-state index is -0.0259. The first kappa shape index (κ1) is 16.6. The second-order valence-electron chi connectivity index (χ2n) is 5.95. The summed E-state index contributed by atoms with van der Waals surface area (Å²) in [5.74, 6) is -0.0259. The van der Waals surface area contributed by atoms with Gasteiger partial charge in [0, 0.05) is 44.1 Å². The van der Waals surface area contributed by atoms with Crippen molar-refractivity contribution in [3.63, 3.8) is 0 Å². The standard InChI is InChI=1S/C19H23N3O2/c23-19(21-10-7-16-5-8-20-9-6-16)18-3-1-17(2-4-18)15-22-11-13-24-14-12-22/h1-6,8-9H,7,10-15H2,(H,21,23). The Kier molecular flexibility index (Phi) is 5.93. The van der Waals surface area contributed by atoms with Gasteiger partial charge in [-0.15, -0.1) is 0 Å². The summed E-state index contributed by atoms with van der Waals surface area (Å²) >= 11 is 0. The molecule has 24 heavy (non-hydrogen) atoms. The van der Waals surface area contributed by atoms with E-state index in [1.165, 1.54) is 11.1 Å². The average Bonchev–Trinajstić information content (AvgIpc) is 2.64. The van der Waals surface area contributed by atoms with Gasteiger partial charge in [-0.2, -0.15) is 0 Å². The average molecular weight is 325 g/mol. The van der Waals surface area contributed by atoms with Crippen molar-refractivity contribution < 1.29 is 9.53 Å². The van der Waals surface area contributed by atoms with Gasteiger partial charge in [0.1, 0.15) is 0 Å². The van der Waals surface area contributed by atoms with E-state index in [0.717, 1.165) is 39.3 Å². The van der Waals surface area contributed by atoms with Crippen molar-refractivity contribution in [2.45, 2.75) is 13.0 Å². The minimum absolute atomic E-state index is 0.0259. The first-order valence-corrected chi connectivity index (χ1v) is 8.37. The second kappa shape index (κ2) is 8.57. The van der Waals surface area contributed by atoms with Gasteiger partial charge in [-0.1, -0.05) is 12.1 Å². The molecule has 5 nitrogen and oxygen atoms in total. The van der Waals surface area contributed by atoms with E-state index in [0.29, 0.717) is 12.1 Å². The highest BCUT2D eigenvalue weighted by Gasteiger charge is 2.11. The molecule has 2 heterocycles. The SMILES string of the molecule is O=C(NCCc1ccncc1)c1ccc(CN2CCOCC2)cc1. The summed E-state index contributed by atoms with van der Waals surface area (Å²) in [4.78, 5) is 18.5. The number of hydrogen-bond acceptors (Lipinski definition) is 4. The number of benzene rings is 1. The maximum Gasteiger partial charge on any atom is 0.251 e. The van der Waals surface area contributed by atoms with Crippen molar-refractivity contribution in [2.75, 3.05) is 32.8 Å². The molecule has 1 fully saturated rings. The zero-order valence-electron chi connectivity index (χ0n) is 13.8. The quantitative estimate of drug-likeness (QED) is 0.881. The molecule has 0 spiro atoms. The highest BCUT2D eigenvalue weighted by molar-refractivity contribution is 5.94. The second-order valence-corrected chi connectivity index (χ2v) is 5.95. The summed E-state index contributed by atoms with van der Waals surface area (Å²) < 4.78 is 5.36. The van der Waals surface area contributed by atoms with Gasteiger partial charge in [-0.25, -0.2) is 0 Å². The number of morpholine rings is 1. The number of nitrogens with one attached hydrogen (secondary N) is 1. The van der Waals surface area contributed by atoms with Gasteiger partial charge in [-0.3, -0.25) is 14.7 Å². The van der Waals surface area contributed by atoms with Crippen LogP contribution in [0.2, 0.25) is 0 Å². The number of aromatic nitrogens is 1. The molecule has 1 saturated heterocycles. The minimum Gasteiger partial charge on any atom is -0.379 e. The lowest BCUT2D eigenvalue weighted by molar-refractivity contribution is 0.0342. The fourth-order valence-corrected chi connectivity index (χ4v) is 2.75. The molecular formula is C19H23N3O2. The van der Waals surface area contributed by atoms with Crippen LogP contribution in [0.4, 0.5) is 0 Å². The molecule has 1 aliphatic rings. The molecule has 0 atom stereocenters. The van der Waals surface area contributed by atoms with Crippen molar-refractivity contribution in [3.8, 4) is 0 Å². The predicted octanol–water partition coefficient (Wildman–Crippen LogP) is 1.89. The Balaban J connectivity index is 1.46. The van der Waals surface area contributed by atoms with Crippen LogP contribution in [0.3, 0.4) is 0 Å². The van der Waals surface area contributed by atoms with Crippen LogP contribution in [-0.2, 0) is 17.7 Å². The third-order valence-electron chi connectivity index (χ3n) is 4.17. The Bertz CT molecular complexity index is 637. The number of amides is 1. The first-order valence-electron chi connectivity index (χ1n) is 8.37. The molecule has 3 rings (SSSR count). The summed E-state index contributed by atoms with van der Waals surface area (Å²) in [5, 5.41) is 2.96. The van der Waals surface area contributed by atoms with Gasteiger partial charge in [-0.05, 0) is 41.8 Å². The molecule has 0 radical (unpaired) electrons. The van der Waals surface area contributed by atoms with Crippen LogP contribution in [0, 0.1) is 0 Å². The molecule has 1 aromatic carbocycles. The van der Waals surface area contributed by atoms with Crippen LogP contribution in [0.1, 0.15) is 21.5 Å². The van der Waals surface area contributed by atoms with Crippen molar-refractivity contribution in [1.82, 2.24) is 15.2 Å². The first-order chi connectivity index (χ1) is 11.8.